The van der Waals surface area contributed by atoms with E-state index >= 15 is 0 Å². The molecular weight excluding hydrogens is 314 g/mol. The Balaban J connectivity index is 1.82. The van der Waals surface area contributed by atoms with Crippen molar-refractivity contribution in [3.63, 3.8) is 0 Å². The topological polar surface area (TPSA) is 37.0 Å². The summed E-state index contributed by atoms with van der Waals surface area (Å²) in [4.78, 5) is 4.37. The van der Waals surface area contributed by atoms with Crippen LogP contribution in [-0.2, 0) is 0 Å². The van der Waals surface area contributed by atoms with Crippen molar-refractivity contribution >= 4 is 51.2 Å². The van der Waals surface area contributed by atoms with Gasteiger partial charge < -0.3 is 10.6 Å². The lowest BCUT2D eigenvalue weighted by atomic mass is 10.1. The number of aryl methyl sites for hydroxylation is 1. The number of benzene rings is 2. The Morgan fingerprint density at radius 2 is 1.82 bits per heavy atom. The van der Waals surface area contributed by atoms with Crippen LogP contribution in [-0.4, -0.2) is 10.1 Å². The van der Waals surface area contributed by atoms with E-state index in [1.807, 2.05) is 42.5 Å². The SMILES string of the molecule is Cc1ccc2nccc(NC(=S)Nc3ccc(Cl)cc3)c2c1. The highest BCUT2D eigenvalue weighted by Crippen LogP contribution is 2.23. The van der Waals surface area contributed by atoms with E-state index in [0.29, 0.717) is 10.1 Å². The Morgan fingerprint density at radius 3 is 2.59 bits per heavy atom. The predicted octanol–water partition coefficient (Wildman–Crippen LogP) is 5.01. The van der Waals surface area contributed by atoms with Crippen molar-refractivity contribution in [3.05, 3.63) is 65.3 Å². The van der Waals surface area contributed by atoms with E-state index in [4.69, 9.17) is 23.8 Å². The first-order chi connectivity index (χ1) is 10.6. The van der Waals surface area contributed by atoms with Gasteiger partial charge in [-0.1, -0.05) is 23.2 Å². The molecule has 0 saturated carbocycles. The molecule has 1 heterocycles. The molecule has 22 heavy (non-hydrogen) atoms. The first kappa shape index (κ1) is 14.8. The molecule has 0 fully saturated rings. The summed E-state index contributed by atoms with van der Waals surface area (Å²) in [6, 6.07) is 15.5. The maximum atomic E-state index is 5.87. The first-order valence-corrected chi connectivity index (χ1v) is 7.59. The van der Waals surface area contributed by atoms with Crippen LogP contribution in [0.4, 0.5) is 11.4 Å². The Hall–Kier alpha value is -2.17. The van der Waals surface area contributed by atoms with Crippen LogP contribution in [0.2, 0.25) is 5.02 Å². The highest BCUT2D eigenvalue weighted by atomic mass is 35.5. The molecule has 0 spiro atoms. The number of nitrogens with zero attached hydrogens (tertiary/aromatic N) is 1. The lowest BCUT2D eigenvalue weighted by Gasteiger charge is -2.12. The molecule has 3 rings (SSSR count). The van der Waals surface area contributed by atoms with Gasteiger partial charge in [0, 0.05) is 22.3 Å². The number of aromatic nitrogens is 1. The minimum atomic E-state index is 0.524. The fourth-order valence-electron chi connectivity index (χ4n) is 2.19. The molecule has 0 amide bonds. The third-order valence-corrected chi connectivity index (χ3v) is 3.70. The number of thiocarbonyl (C=S) groups is 1. The largest absolute Gasteiger partial charge is 0.332 e. The van der Waals surface area contributed by atoms with Gasteiger partial charge in [0.25, 0.3) is 0 Å². The van der Waals surface area contributed by atoms with Gasteiger partial charge in [0.2, 0.25) is 0 Å². The molecule has 0 bridgehead atoms. The molecule has 1 aromatic heterocycles. The van der Waals surface area contributed by atoms with E-state index < -0.39 is 0 Å². The van der Waals surface area contributed by atoms with E-state index in [-0.39, 0.29) is 0 Å². The summed E-state index contributed by atoms with van der Waals surface area (Å²) in [5.41, 5.74) is 3.93. The van der Waals surface area contributed by atoms with Crippen LogP contribution < -0.4 is 10.6 Å². The van der Waals surface area contributed by atoms with Crippen LogP contribution in [0.1, 0.15) is 5.56 Å². The number of anilines is 2. The highest BCUT2D eigenvalue weighted by Gasteiger charge is 2.04. The Labute approximate surface area is 139 Å². The van der Waals surface area contributed by atoms with Crippen molar-refractivity contribution in [2.75, 3.05) is 10.6 Å². The van der Waals surface area contributed by atoms with Gasteiger partial charge in [-0.3, -0.25) is 4.98 Å². The molecule has 110 valence electrons. The summed E-state index contributed by atoms with van der Waals surface area (Å²) in [5, 5.41) is 8.62. The van der Waals surface area contributed by atoms with Crippen molar-refractivity contribution in [3.8, 4) is 0 Å². The van der Waals surface area contributed by atoms with Crippen molar-refractivity contribution in [1.29, 1.82) is 0 Å². The minimum Gasteiger partial charge on any atom is -0.332 e. The van der Waals surface area contributed by atoms with Gasteiger partial charge in [-0.15, -0.1) is 0 Å². The molecule has 0 aliphatic rings. The molecule has 0 aliphatic carbocycles. The second kappa shape index (κ2) is 6.30. The maximum absolute atomic E-state index is 5.87. The number of pyridine rings is 1. The van der Waals surface area contributed by atoms with Crippen LogP contribution in [0.3, 0.4) is 0 Å². The average Bonchev–Trinajstić information content (AvgIpc) is 2.50. The number of hydrogen-bond donors (Lipinski definition) is 2. The molecule has 0 saturated heterocycles. The zero-order valence-corrected chi connectivity index (χ0v) is 13.5. The molecule has 0 atom stereocenters. The summed E-state index contributed by atoms with van der Waals surface area (Å²) in [7, 11) is 0. The van der Waals surface area contributed by atoms with Crippen LogP contribution in [0.25, 0.3) is 10.9 Å². The Morgan fingerprint density at radius 1 is 1.05 bits per heavy atom. The molecule has 2 N–H and O–H groups in total. The molecule has 3 nitrogen and oxygen atoms in total. The quantitative estimate of drug-likeness (QED) is 0.649. The lowest BCUT2D eigenvalue weighted by molar-refractivity contribution is 1.39. The summed E-state index contributed by atoms with van der Waals surface area (Å²) >= 11 is 11.2. The molecule has 5 heteroatoms. The zero-order valence-electron chi connectivity index (χ0n) is 11.9. The van der Waals surface area contributed by atoms with Gasteiger partial charge in [0.05, 0.1) is 11.2 Å². The predicted molar refractivity (Wildman–Crippen MR) is 97.8 cm³/mol. The second-order valence-electron chi connectivity index (χ2n) is 4.97. The maximum Gasteiger partial charge on any atom is 0.175 e. The summed E-state index contributed by atoms with van der Waals surface area (Å²) in [5.74, 6) is 0. The van der Waals surface area contributed by atoms with E-state index in [1.165, 1.54) is 5.56 Å². The number of rotatable bonds is 2. The monoisotopic (exact) mass is 327 g/mol. The Kier molecular flexibility index (Phi) is 4.22. The molecular formula is C17H14ClN3S. The van der Waals surface area contributed by atoms with Crippen LogP contribution in [0.15, 0.2) is 54.7 Å². The Bertz CT molecular complexity index is 831. The van der Waals surface area contributed by atoms with Crippen LogP contribution in [0, 0.1) is 6.92 Å². The fraction of sp³-hybridized carbons (Fsp3) is 0.0588. The summed E-state index contributed by atoms with van der Waals surface area (Å²) in [6.07, 6.45) is 1.77. The molecule has 0 radical (unpaired) electrons. The number of hydrogen-bond acceptors (Lipinski definition) is 2. The van der Waals surface area contributed by atoms with Crippen LogP contribution in [0.5, 0.6) is 0 Å². The van der Waals surface area contributed by atoms with Gasteiger partial charge in [-0.2, -0.15) is 0 Å². The first-order valence-electron chi connectivity index (χ1n) is 6.81. The third kappa shape index (κ3) is 3.35. The molecule has 0 aliphatic heterocycles. The van der Waals surface area contributed by atoms with Crippen molar-refractivity contribution in [2.45, 2.75) is 6.92 Å². The lowest BCUT2D eigenvalue weighted by Crippen LogP contribution is -2.19. The second-order valence-corrected chi connectivity index (χ2v) is 5.81. The van der Waals surface area contributed by atoms with Gasteiger partial charge in [0.15, 0.2) is 5.11 Å². The van der Waals surface area contributed by atoms with E-state index in [1.54, 1.807) is 6.20 Å². The molecule has 3 aromatic rings. The highest BCUT2D eigenvalue weighted by molar-refractivity contribution is 7.80. The standard InChI is InChI=1S/C17H14ClN3S/c1-11-2-7-15-14(10-11)16(8-9-19-15)21-17(22)20-13-5-3-12(18)4-6-13/h2-10H,1H3,(H2,19,20,21,22). The normalized spacial score (nSPS) is 10.5. The van der Waals surface area contributed by atoms with E-state index in [9.17, 15) is 0 Å². The zero-order chi connectivity index (χ0) is 15.5. The van der Waals surface area contributed by atoms with Crippen molar-refractivity contribution < 1.29 is 0 Å². The van der Waals surface area contributed by atoms with Gasteiger partial charge in [-0.25, -0.2) is 0 Å². The average molecular weight is 328 g/mol. The minimum absolute atomic E-state index is 0.524. The van der Waals surface area contributed by atoms with Crippen LogP contribution >= 0.6 is 23.8 Å². The number of nitrogens with one attached hydrogen (secondary N) is 2. The summed E-state index contributed by atoms with van der Waals surface area (Å²) < 4.78 is 0. The third-order valence-electron chi connectivity index (χ3n) is 3.25. The number of fused-ring (bicyclic) bond motifs is 1. The van der Waals surface area contributed by atoms with Crippen molar-refractivity contribution in [2.24, 2.45) is 0 Å². The van der Waals surface area contributed by atoms with Gasteiger partial charge >= 0.3 is 0 Å². The van der Waals surface area contributed by atoms with Gasteiger partial charge in [0.1, 0.15) is 0 Å². The summed E-state index contributed by atoms with van der Waals surface area (Å²) in [6.45, 7) is 2.06. The smallest absolute Gasteiger partial charge is 0.175 e. The van der Waals surface area contributed by atoms with Crippen molar-refractivity contribution in [1.82, 2.24) is 4.98 Å². The number of halogens is 1. The molecule has 2 aromatic carbocycles. The van der Waals surface area contributed by atoms with E-state index in [2.05, 4.69) is 28.6 Å². The van der Waals surface area contributed by atoms with Gasteiger partial charge in [-0.05, 0) is 61.6 Å². The fourth-order valence-corrected chi connectivity index (χ4v) is 2.54. The van der Waals surface area contributed by atoms with E-state index in [0.717, 1.165) is 22.3 Å². The molecule has 0 unspecified atom stereocenters.